The summed E-state index contributed by atoms with van der Waals surface area (Å²) in [5, 5.41) is 9.07. The molecule has 1 saturated carbocycles. The lowest BCUT2D eigenvalue weighted by atomic mass is 9.84. The Morgan fingerprint density at radius 3 is 2.13 bits per heavy atom. The number of carbonyl (C=O) groups is 1. The van der Waals surface area contributed by atoms with Crippen molar-refractivity contribution in [1.29, 1.82) is 0 Å². The third-order valence-electron chi connectivity index (χ3n) is 3.80. The molecule has 0 aromatic heterocycles. The molecule has 0 aromatic rings. The maximum absolute atomic E-state index is 11.0. The summed E-state index contributed by atoms with van der Waals surface area (Å²) in [7, 11) is 0. The maximum Gasteiger partial charge on any atom is 0.305 e. The lowest BCUT2D eigenvalue weighted by Crippen LogP contribution is -2.51. The van der Waals surface area contributed by atoms with Gasteiger partial charge < -0.3 is 5.11 Å². The van der Waals surface area contributed by atoms with Crippen LogP contribution in [0, 0.1) is 5.92 Å². The second-order valence-corrected chi connectivity index (χ2v) is 4.47. The third-order valence-corrected chi connectivity index (χ3v) is 3.80. The Kier molecular flexibility index (Phi) is 4.14. The van der Waals surface area contributed by atoms with Gasteiger partial charge in [0, 0.05) is 5.54 Å². The minimum Gasteiger partial charge on any atom is -0.481 e. The molecule has 3 heteroatoms. The van der Waals surface area contributed by atoms with Gasteiger partial charge in [-0.05, 0) is 38.3 Å². The summed E-state index contributed by atoms with van der Waals surface area (Å²) in [4.78, 5) is 13.4. The fraction of sp³-hybridized carbons (Fsp3) is 0.917. The van der Waals surface area contributed by atoms with Gasteiger partial charge in [0.05, 0.1) is 6.42 Å². The lowest BCUT2D eigenvalue weighted by molar-refractivity contribution is -0.141. The van der Waals surface area contributed by atoms with Crippen molar-refractivity contribution in [3.63, 3.8) is 0 Å². The Morgan fingerprint density at radius 1 is 1.33 bits per heavy atom. The van der Waals surface area contributed by atoms with Gasteiger partial charge in [0.2, 0.25) is 0 Å². The van der Waals surface area contributed by atoms with Crippen LogP contribution in [0.25, 0.3) is 0 Å². The average molecular weight is 213 g/mol. The molecule has 0 bridgehead atoms. The van der Waals surface area contributed by atoms with Gasteiger partial charge in [-0.1, -0.05) is 20.8 Å². The van der Waals surface area contributed by atoms with E-state index in [0.29, 0.717) is 12.3 Å². The summed E-state index contributed by atoms with van der Waals surface area (Å²) in [5.41, 5.74) is -0.0741. The molecular weight excluding hydrogens is 190 g/mol. The van der Waals surface area contributed by atoms with Gasteiger partial charge in [0.1, 0.15) is 0 Å². The highest BCUT2D eigenvalue weighted by Gasteiger charge is 2.48. The Labute approximate surface area is 92.5 Å². The fourth-order valence-corrected chi connectivity index (χ4v) is 2.89. The summed E-state index contributed by atoms with van der Waals surface area (Å²) in [5.74, 6) is -0.0471. The zero-order valence-electron chi connectivity index (χ0n) is 10.1. The molecule has 0 aliphatic heterocycles. The van der Waals surface area contributed by atoms with Gasteiger partial charge in [-0.2, -0.15) is 0 Å². The van der Waals surface area contributed by atoms with E-state index in [1.54, 1.807) is 0 Å². The van der Waals surface area contributed by atoms with Gasteiger partial charge in [-0.3, -0.25) is 9.69 Å². The molecule has 88 valence electrons. The van der Waals surface area contributed by atoms with Gasteiger partial charge in [0.15, 0.2) is 0 Å². The maximum atomic E-state index is 11.0. The number of nitrogens with zero attached hydrogens (tertiary/aromatic N) is 1. The van der Waals surface area contributed by atoms with Crippen molar-refractivity contribution in [3.05, 3.63) is 0 Å². The number of aliphatic carboxylic acids is 1. The van der Waals surface area contributed by atoms with Crippen LogP contribution in [0.5, 0.6) is 0 Å². The summed E-state index contributed by atoms with van der Waals surface area (Å²) in [6.45, 7) is 8.28. The molecule has 1 unspecified atom stereocenters. The number of carboxylic acid groups (broad SMARTS) is 1. The third kappa shape index (κ3) is 2.51. The standard InChI is InChI=1S/C12H23NO2/c1-4-12(9-11(14)15,10-7-8-10)13(5-2)6-3/h10H,4-9H2,1-3H3,(H,14,15). The first-order valence-corrected chi connectivity index (χ1v) is 6.07. The topological polar surface area (TPSA) is 40.5 Å². The van der Waals surface area contributed by atoms with Crippen LogP contribution in [0.1, 0.15) is 46.5 Å². The highest BCUT2D eigenvalue weighted by molar-refractivity contribution is 5.68. The Balaban J connectivity index is 2.85. The smallest absolute Gasteiger partial charge is 0.305 e. The molecule has 1 rings (SSSR count). The monoisotopic (exact) mass is 213 g/mol. The number of hydrogen-bond acceptors (Lipinski definition) is 2. The molecule has 0 saturated heterocycles. The molecular formula is C12H23NO2. The lowest BCUT2D eigenvalue weighted by Gasteiger charge is -2.42. The van der Waals surface area contributed by atoms with Crippen molar-refractivity contribution in [2.45, 2.75) is 52.0 Å². The summed E-state index contributed by atoms with van der Waals surface area (Å²) >= 11 is 0. The molecule has 0 heterocycles. The molecule has 0 amide bonds. The largest absolute Gasteiger partial charge is 0.481 e. The molecule has 1 fully saturated rings. The van der Waals surface area contributed by atoms with E-state index in [1.165, 1.54) is 12.8 Å². The Hall–Kier alpha value is -0.570. The Morgan fingerprint density at radius 2 is 1.87 bits per heavy atom. The second kappa shape index (κ2) is 4.97. The quantitative estimate of drug-likeness (QED) is 0.705. The predicted octanol–water partition coefficient (Wildman–Crippen LogP) is 2.36. The number of rotatable bonds is 7. The van der Waals surface area contributed by atoms with E-state index in [0.717, 1.165) is 19.5 Å². The van der Waals surface area contributed by atoms with Gasteiger partial charge in [-0.15, -0.1) is 0 Å². The molecule has 15 heavy (non-hydrogen) atoms. The van der Waals surface area contributed by atoms with Crippen molar-refractivity contribution >= 4 is 5.97 Å². The minimum atomic E-state index is -0.657. The van der Waals surface area contributed by atoms with Crippen LogP contribution in [-0.2, 0) is 4.79 Å². The van der Waals surface area contributed by atoms with E-state index >= 15 is 0 Å². The van der Waals surface area contributed by atoms with Crippen molar-refractivity contribution in [1.82, 2.24) is 4.90 Å². The van der Waals surface area contributed by atoms with Crippen LogP contribution in [-0.4, -0.2) is 34.6 Å². The molecule has 3 nitrogen and oxygen atoms in total. The normalized spacial score (nSPS) is 20.3. The summed E-state index contributed by atoms with van der Waals surface area (Å²) in [6, 6.07) is 0. The van der Waals surface area contributed by atoms with Gasteiger partial charge in [0.25, 0.3) is 0 Å². The summed E-state index contributed by atoms with van der Waals surface area (Å²) < 4.78 is 0. The van der Waals surface area contributed by atoms with Gasteiger partial charge >= 0.3 is 5.97 Å². The van der Waals surface area contributed by atoms with Crippen LogP contribution < -0.4 is 0 Å². The van der Waals surface area contributed by atoms with Crippen molar-refractivity contribution in [3.8, 4) is 0 Å². The van der Waals surface area contributed by atoms with E-state index in [1.807, 2.05) is 0 Å². The zero-order valence-corrected chi connectivity index (χ0v) is 10.1. The van der Waals surface area contributed by atoms with Crippen LogP contribution >= 0.6 is 0 Å². The van der Waals surface area contributed by atoms with Crippen molar-refractivity contribution in [2.24, 2.45) is 5.92 Å². The summed E-state index contributed by atoms with van der Waals surface area (Å²) in [6.07, 6.45) is 3.66. The highest BCUT2D eigenvalue weighted by atomic mass is 16.4. The first-order chi connectivity index (χ1) is 7.10. The van der Waals surface area contributed by atoms with E-state index < -0.39 is 5.97 Å². The average Bonchev–Trinajstić information content (AvgIpc) is 3.00. The highest BCUT2D eigenvalue weighted by Crippen LogP contribution is 2.47. The van der Waals surface area contributed by atoms with Crippen molar-refractivity contribution < 1.29 is 9.90 Å². The molecule has 1 atom stereocenters. The molecule has 0 aromatic carbocycles. The van der Waals surface area contributed by atoms with E-state index in [4.69, 9.17) is 5.11 Å². The number of hydrogen-bond donors (Lipinski definition) is 1. The zero-order chi connectivity index (χ0) is 11.5. The SMILES string of the molecule is CCN(CC)C(CC)(CC(=O)O)C1CC1. The molecule has 1 aliphatic carbocycles. The van der Waals surface area contributed by atoms with Gasteiger partial charge in [-0.25, -0.2) is 0 Å². The van der Waals surface area contributed by atoms with Crippen LogP contribution in [0.3, 0.4) is 0 Å². The van der Waals surface area contributed by atoms with Crippen LogP contribution in [0.15, 0.2) is 0 Å². The fourth-order valence-electron chi connectivity index (χ4n) is 2.89. The second-order valence-electron chi connectivity index (χ2n) is 4.47. The predicted molar refractivity (Wildman–Crippen MR) is 60.9 cm³/mol. The van der Waals surface area contributed by atoms with E-state index in [2.05, 4.69) is 25.7 Å². The molecule has 0 radical (unpaired) electrons. The first-order valence-electron chi connectivity index (χ1n) is 6.07. The molecule has 0 spiro atoms. The van der Waals surface area contributed by atoms with Crippen LogP contribution in [0.2, 0.25) is 0 Å². The first kappa shape index (κ1) is 12.5. The van der Waals surface area contributed by atoms with Crippen LogP contribution in [0.4, 0.5) is 0 Å². The van der Waals surface area contributed by atoms with E-state index in [-0.39, 0.29) is 5.54 Å². The minimum absolute atomic E-state index is 0.0741. The Bertz CT molecular complexity index is 222. The molecule has 1 aliphatic rings. The number of carboxylic acids is 1. The van der Waals surface area contributed by atoms with Crippen molar-refractivity contribution in [2.75, 3.05) is 13.1 Å². The molecule has 1 N–H and O–H groups in total. The van der Waals surface area contributed by atoms with E-state index in [9.17, 15) is 4.79 Å².